The van der Waals surface area contributed by atoms with Crippen LogP contribution in [0.3, 0.4) is 0 Å². The average Bonchev–Trinajstić information content (AvgIpc) is 2.39. The predicted molar refractivity (Wildman–Crippen MR) is 69.9 cm³/mol. The summed E-state index contributed by atoms with van der Waals surface area (Å²) in [5.41, 5.74) is 2.12. The Morgan fingerprint density at radius 2 is 2.17 bits per heavy atom. The molecule has 1 aromatic carbocycles. The van der Waals surface area contributed by atoms with Crippen molar-refractivity contribution in [3.05, 3.63) is 41.5 Å². The van der Waals surface area contributed by atoms with Crippen LogP contribution in [0.2, 0.25) is 0 Å². The summed E-state index contributed by atoms with van der Waals surface area (Å²) >= 11 is 0. The van der Waals surface area contributed by atoms with Crippen LogP contribution in [-0.4, -0.2) is 18.2 Å². The van der Waals surface area contributed by atoms with Crippen molar-refractivity contribution in [2.45, 2.75) is 31.6 Å². The number of carboxylic acid groups (broad SMARTS) is 1. The predicted octanol–water partition coefficient (Wildman–Crippen LogP) is 3.36. The van der Waals surface area contributed by atoms with E-state index in [1.165, 1.54) is 6.08 Å². The maximum absolute atomic E-state index is 10.9. The molecule has 1 N–H and O–H groups in total. The van der Waals surface area contributed by atoms with Crippen molar-refractivity contribution in [1.82, 2.24) is 0 Å². The van der Waals surface area contributed by atoms with Gasteiger partial charge in [-0.3, -0.25) is 0 Å². The largest absolute Gasteiger partial charge is 0.496 e. The van der Waals surface area contributed by atoms with Crippen LogP contribution in [0.1, 0.15) is 37.2 Å². The molecule has 1 fully saturated rings. The monoisotopic (exact) mass is 246 g/mol. The molecule has 2 rings (SSSR count). The molecule has 1 unspecified atom stereocenters. The number of allylic oxidation sites excluding steroid dienone is 1. The Hall–Kier alpha value is -1.77. The Balaban J connectivity index is 2.36. The zero-order valence-electron chi connectivity index (χ0n) is 10.6. The van der Waals surface area contributed by atoms with E-state index in [2.05, 4.69) is 0 Å². The quantitative estimate of drug-likeness (QED) is 0.832. The Morgan fingerprint density at radius 3 is 2.89 bits per heavy atom. The number of aliphatic carboxylic acids is 1. The van der Waals surface area contributed by atoms with E-state index < -0.39 is 5.97 Å². The molecule has 0 saturated heterocycles. The first-order valence-corrected chi connectivity index (χ1v) is 6.28. The Morgan fingerprint density at radius 1 is 1.39 bits per heavy atom. The highest BCUT2D eigenvalue weighted by Crippen LogP contribution is 2.40. The minimum atomic E-state index is -0.855. The zero-order valence-corrected chi connectivity index (χ0v) is 10.6. The first-order chi connectivity index (χ1) is 8.72. The molecular weight excluding hydrogens is 228 g/mol. The van der Waals surface area contributed by atoms with Crippen LogP contribution in [0, 0.1) is 0 Å². The second kappa shape index (κ2) is 5.71. The second-order valence-corrected chi connectivity index (χ2v) is 4.60. The van der Waals surface area contributed by atoms with Crippen molar-refractivity contribution < 1.29 is 14.6 Å². The van der Waals surface area contributed by atoms with Gasteiger partial charge in [0.25, 0.3) is 0 Å². The Bertz CT molecular complexity index is 463. The van der Waals surface area contributed by atoms with Crippen LogP contribution in [0.15, 0.2) is 35.9 Å². The third-order valence-electron chi connectivity index (χ3n) is 3.48. The van der Waals surface area contributed by atoms with Gasteiger partial charge in [0.2, 0.25) is 0 Å². The molecule has 0 bridgehead atoms. The van der Waals surface area contributed by atoms with E-state index in [0.29, 0.717) is 0 Å². The molecule has 1 aromatic rings. The van der Waals surface area contributed by atoms with Gasteiger partial charge in [-0.15, -0.1) is 0 Å². The molecule has 0 amide bonds. The van der Waals surface area contributed by atoms with Crippen molar-refractivity contribution in [2.75, 3.05) is 7.11 Å². The number of rotatable bonds is 3. The summed E-state index contributed by atoms with van der Waals surface area (Å²) in [7, 11) is 1.66. The van der Waals surface area contributed by atoms with Crippen LogP contribution in [-0.2, 0) is 4.79 Å². The van der Waals surface area contributed by atoms with Crippen LogP contribution >= 0.6 is 0 Å². The molecule has 1 atom stereocenters. The topological polar surface area (TPSA) is 46.5 Å². The van der Waals surface area contributed by atoms with E-state index >= 15 is 0 Å². The van der Waals surface area contributed by atoms with Gasteiger partial charge in [-0.1, -0.05) is 30.2 Å². The molecule has 0 heterocycles. The van der Waals surface area contributed by atoms with Gasteiger partial charge in [0.15, 0.2) is 0 Å². The first-order valence-electron chi connectivity index (χ1n) is 6.28. The number of hydrogen-bond acceptors (Lipinski definition) is 2. The van der Waals surface area contributed by atoms with Gasteiger partial charge in [0, 0.05) is 17.6 Å². The van der Waals surface area contributed by atoms with Gasteiger partial charge >= 0.3 is 5.97 Å². The third-order valence-corrected chi connectivity index (χ3v) is 3.48. The minimum Gasteiger partial charge on any atom is -0.496 e. The molecule has 96 valence electrons. The van der Waals surface area contributed by atoms with E-state index in [9.17, 15) is 4.79 Å². The van der Waals surface area contributed by atoms with E-state index in [1.807, 2.05) is 24.3 Å². The molecule has 1 saturated carbocycles. The smallest absolute Gasteiger partial charge is 0.328 e. The summed E-state index contributed by atoms with van der Waals surface area (Å²) in [4.78, 5) is 10.9. The number of carboxylic acids is 1. The summed E-state index contributed by atoms with van der Waals surface area (Å²) in [5, 5.41) is 8.95. The summed E-state index contributed by atoms with van der Waals surface area (Å²) in [5.74, 6) is 0.179. The lowest BCUT2D eigenvalue weighted by atomic mass is 9.79. The fraction of sp³-hybridized carbons (Fsp3) is 0.400. The van der Waals surface area contributed by atoms with E-state index in [4.69, 9.17) is 9.84 Å². The number of methoxy groups -OCH3 is 1. The van der Waals surface area contributed by atoms with Crippen LogP contribution in [0.4, 0.5) is 0 Å². The van der Waals surface area contributed by atoms with Crippen LogP contribution in [0.5, 0.6) is 5.75 Å². The maximum atomic E-state index is 10.9. The van der Waals surface area contributed by atoms with Gasteiger partial charge in [0.1, 0.15) is 5.75 Å². The molecular formula is C15H18O3. The SMILES string of the molecule is COc1ccccc1C1CCCC/C1=C\C(=O)O. The molecule has 0 spiro atoms. The number of carbonyl (C=O) groups is 1. The lowest BCUT2D eigenvalue weighted by molar-refractivity contribution is -0.131. The molecule has 0 aliphatic heterocycles. The van der Waals surface area contributed by atoms with Crippen molar-refractivity contribution >= 4 is 5.97 Å². The lowest BCUT2D eigenvalue weighted by Gasteiger charge is -2.26. The molecule has 18 heavy (non-hydrogen) atoms. The van der Waals surface area contributed by atoms with Crippen molar-refractivity contribution in [3.63, 3.8) is 0 Å². The molecule has 1 aliphatic rings. The van der Waals surface area contributed by atoms with Gasteiger partial charge < -0.3 is 9.84 Å². The van der Waals surface area contributed by atoms with Gasteiger partial charge in [0.05, 0.1) is 7.11 Å². The summed E-state index contributed by atoms with van der Waals surface area (Å²) < 4.78 is 5.38. The molecule has 0 aromatic heterocycles. The normalized spacial score (nSPS) is 21.8. The van der Waals surface area contributed by atoms with Gasteiger partial charge in [-0.05, 0) is 25.3 Å². The third kappa shape index (κ3) is 2.73. The number of para-hydroxylation sites is 1. The molecule has 3 heteroatoms. The summed E-state index contributed by atoms with van der Waals surface area (Å²) in [6.45, 7) is 0. The fourth-order valence-electron chi connectivity index (χ4n) is 2.68. The average molecular weight is 246 g/mol. The highest BCUT2D eigenvalue weighted by molar-refractivity contribution is 5.81. The van der Waals surface area contributed by atoms with Gasteiger partial charge in [-0.2, -0.15) is 0 Å². The highest BCUT2D eigenvalue weighted by atomic mass is 16.5. The fourth-order valence-corrected chi connectivity index (χ4v) is 2.68. The van der Waals surface area contributed by atoms with Gasteiger partial charge in [-0.25, -0.2) is 4.79 Å². The number of ether oxygens (including phenoxy) is 1. The van der Waals surface area contributed by atoms with Crippen molar-refractivity contribution in [2.24, 2.45) is 0 Å². The standard InChI is InChI=1S/C15H18O3/c1-18-14-9-5-4-8-13(14)12-7-3-2-6-11(12)10-15(16)17/h4-5,8-10,12H,2-3,6-7H2,1H3,(H,16,17)/b11-10+. The van der Waals surface area contributed by atoms with Crippen LogP contribution < -0.4 is 4.74 Å². The first kappa shape index (κ1) is 12.7. The van der Waals surface area contributed by atoms with Crippen molar-refractivity contribution in [3.8, 4) is 5.75 Å². The van der Waals surface area contributed by atoms with Crippen LogP contribution in [0.25, 0.3) is 0 Å². The lowest BCUT2D eigenvalue weighted by Crippen LogP contribution is -2.11. The number of hydrogen-bond donors (Lipinski definition) is 1. The maximum Gasteiger partial charge on any atom is 0.328 e. The Labute approximate surface area is 107 Å². The minimum absolute atomic E-state index is 0.186. The second-order valence-electron chi connectivity index (χ2n) is 4.60. The summed E-state index contributed by atoms with van der Waals surface area (Å²) in [6, 6.07) is 7.88. The summed E-state index contributed by atoms with van der Waals surface area (Å²) in [6.07, 6.45) is 5.45. The Kier molecular flexibility index (Phi) is 4.03. The van der Waals surface area contributed by atoms with E-state index in [0.717, 1.165) is 42.6 Å². The van der Waals surface area contributed by atoms with E-state index in [-0.39, 0.29) is 5.92 Å². The molecule has 1 aliphatic carbocycles. The zero-order chi connectivity index (χ0) is 13.0. The van der Waals surface area contributed by atoms with E-state index in [1.54, 1.807) is 7.11 Å². The van der Waals surface area contributed by atoms with Crippen molar-refractivity contribution in [1.29, 1.82) is 0 Å². The number of benzene rings is 1. The molecule has 0 radical (unpaired) electrons. The molecule has 3 nitrogen and oxygen atoms in total. The highest BCUT2D eigenvalue weighted by Gasteiger charge is 2.23.